The van der Waals surface area contributed by atoms with Crippen LogP contribution in [0.25, 0.3) is 0 Å². The lowest BCUT2D eigenvalue weighted by molar-refractivity contribution is 0.411. The van der Waals surface area contributed by atoms with Crippen molar-refractivity contribution in [3.8, 4) is 5.75 Å². The molecule has 1 aliphatic heterocycles. The Hall–Kier alpha value is -2.53. The standard InChI is InChI=1S/C18H17ClN4O/c1-24-13-8-6-12(7-9-13)17-10-16(14-4-2-3-5-15(14)19)22-18-20-11-21-23(17)18/h2-9,11,16-17H,10H2,1H3,(H,20,21,22)/t16-,17-/m1/s1. The molecule has 1 N–H and O–H groups in total. The maximum absolute atomic E-state index is 6.39. The quantitative estimate of drug-likeness (QED) is 0.780. The van der Waals surface area contributed by atoms with Gasteiger partial charge in [0.2, 0.25) is 5.95 Å². The van der Waals surface area contributed by atoms with Crippen LogP contribution in [0.1, 0.15) is 29.6 Å². The fourth-order valence-corrected chi connectivity index (χ4v) is 3.45. The molecule has 1 aromatic heterocycles. The van der Waals surface area contributed by atoms with Crippen molar-refractivity contribution >= 4 is 17.5 Å². The minimum atomic E-state index is 0.0856. The van der Waals surface area contributed by atoms with E-state index in [2.05, 4.69) is 33.6 Å². The number of halogens is 1. The number of methoxy groups -OCH3 is 1. The normalized spacial score (nSPS) is 19.4. The van der Waals surface area contributed by atoms with Crippen LogP contribution in [0.4, 0.5) is 5.95 Å². The van der Waals surface area contributed by atoms with E-state index in [4.69, 9.17) is 16.3 Å². The van der Waals surface area contributed by atoms with E-state index in [0.717, 1.165) is 28.7 Å². The number of aromatic nitrogens is 3. The van der Waals surface area contributed by atoms with Gasteiger partial charge < -0.3 is 10.1 Å². The summed E-state index contributed by atoms with van der Waals surface area (Å²) in [6.07, 6.45) is 2.42. The van der Waals surface area contributed by atoms with Crippen LogP contribution in [0, 0.1) is 0 Å². The van der Waals surface area contributed by atoms with Crippen molar-refractivity contribution in [2.75, 3.05) is 12.4 Å². The number of ether oxygens (including phenoxy) is 1. The van der Waals surface area contributed by atoms with Crippen LogP contribution in [0.15, 0.2) is 54.9 Å². The molecule has 2 aromatic carbocycles. The van der Waals surface area contributed by atoms with Crippen molar-refractivity contribution in [3.05, 3.63) is 71.0 Å². The van der Waals surface area contributed by atoms with E-state index >= 15 is 0 Å². The van der Waals surface area contributed by atoms with Gasteiger partial charge in [-0.25, -0.2) is 4.68 Å². The first-order valence-electron chi connectivity index (χ1n) is 7.80. The summed E-state index contributed by atoms with van der Waals surface area (Å²) in [5, 5.41) is 8.58. The molecule has 4 rings (SSSR count). The molecule has 6 heteroatoms. The summed E-state index contributed by atoms with van der Waals surface area (Å²) in [7, 11) is 1.67. The molecule has 0 spiro atoms. The van der Waals surface area contributed by atoms with Gasteiger partial charge in [-0.15, -0.1) is 0 Å². The van der Waals surface area contributed by atoms with E-state index in [9.17, 15) is 0 Å². The zero-order valence-corrected chi connectivity index (χ0v) is 13.9. The molecule has 0 unspecified atom stereocenters. The van der Waals surface area contributed by atoms with Crippen molar-refractivity contribution in [2.24, 2.45) is 0 Å². The highest BCUT2D eigenvalue weighted by atomic mass is 35.5. The van der Waals surface area contributed by atoms with Gasteiger partial charge in [-0.2, -0.15) is 10.1 Å². The van der Waals surface area contributed by atoms with Crippen LogP contribution in [0.2, 0.25) is 5.02 Å². The summed E-state index contributed by atoms with van der Waals surface area (Å²) in [5.41, 5.74) is 2.24. The molecule has 0 fully saturated rings. The number of hydrogen-bond acceptors (Lipinski definition) is 4. The Morgan fingerprint density at radius 1 is 1.17 bits per heavy atom. The molecule has 0 radical (unpaired) electrons. The lowest BCUT2D eigenvalue weighted by atomic mass is 9.93. The van der Waals surface area contributed by atoms with Gasteiger partial charge in [0.05, 0.1) is 19.2 Å². The van der Waals surface area contributed by atoms with Crippen molar-refractivity contribution < 1.29 is 4.74 Å². The molecule has 0 bridgehead atoms. The van der Waals surface area contributed by atoms with Crippen molar-refractivity contribution in [1.29, 1.82) is 0 Å². The molecular weight excluding hydrogens is 324 g/mol. The fraction of sp³-hybridized carbons (Fsp3) is 0.222. The number of fused-ring (bicyclic) bond motifs is 1. The Labute approximate surface area is 145 Å². The molecule has 2 atom stereocenters. The number of nitrogens with one attached hydrogen (secondary N) is 1. The molecule has 2 heterocycles. The highest BCUT2D eigenvalue weighted by Crippen LogP contribution is 2.39. The molecule has 122 valence electrons. The van der Waals surface area contributed by atoms with Crippen molar-refractivity contribution in [1.82, 2.24) is 14.8 Å². The highest BCUT2D eigenvalue weighted by molar-refractivity contribution is 6.31. The van der Waals surface area contributed by atoms with Gasteiger partial charge in [0.15, 0.2) is 0 Å². The van der Waals surface area contributed by atoms with Crippen molar-refractivity contribution in [3.63, 3.8) is 0 Å². The second-order valence-electron chi connectivity index (χ2n) is 5.77. The summed E-state index contributed by atoms with van der Waals surface area (Å²) >= 11 is 6.39. The maximum Gasteiger partial charge on any atom is 0.222 e. The first kappa shape index (κ1) is 15.0. The Morgan fingerprint density at radius 3 is 2.71 bits per heavy atom. The zero-order valence-electron chi connectivity index (χ0n) is 13.2. The Balaban J connectivity index is 1.72. The van der Waals surface area contributed by atoms with Crippen molar-refractivity contribution in [2.45, 2.75) is 18.5 Å². The van der Waals surface area contributed by atoms with Gasteiger partial charge in [-0.1, -0.05) is 41.9 Å². The molecule has 3 aromatic rings. The highest BCUT2D eigenvalue weighted by Gasteiger charge is 2.30. The Bertz CT molecular complexity index is 846. The molecule has 0 amide bonds. The number of rotatable bonds is 3. The van der Waals surface area contributed by atoms with Crippen LogP contribution < -0.4 is 10.1 Å². The van der Waals surface area contributed by atoms with E-state index in [0.29, 0.717) is 0 Å². The van der Waals surface area contributed by atoms with Gasteiger partial charge >= 0.3 is 0 Å². The molecule has 1 aliphatic rings. The largest absolute Gasteiger partial charge is 0.497 e. The predicted molar refractivity (Wildman–Crippen MR) is 93.6 cm³/mol. The van der Waals surface area contributed by atoms with E-state index in [1.807, 2.05) is 35.0 Å². The van der Waals surface area contributed by atoms with Crippen LogP contribution in [0.3, 0.4) is 0 Å². The van der Waals surface area contributed by atoms with Gasteiger partial charge in [-0.05, 0) is 35.7 Å². The maximum atomic E-state index is 6.39. The third-order valence-corrected chi connectivity index (χ3v) is 4.76. The zero-order chi connectivity index (χ0) is 16.5. The summed E-state index contributed by atoms with van der Waals surface area (Å²) in [6.45, 7) is 0. The summed E-state index contributed by atoms with van der Waals surface area (Å²) < 4.78 is 7.18. The number of nitrogens with zero attached hydrogens (tertiary/aromatic N) is 3. The third-order valence-electron chi connectivity index (χ3n) is 4.41. The summed E-state index contributed by atoms with van der Waals surface area (Å²) in [6, 6.07) is 16.2. The lowest BCUT2D eigenvalue weighted by Gasteiger charge is -2.32. The smallest absolute Gasteiger partial charge is 0.222 e. The monoisotopic (exact) mass is 340 g/mol. The SMILES string of the molecule is COc1ccc([C@H]2C[C@H](c3ccccc3Cl)Nc3ncnn32)cc1. The molecule has 5 nitrogen and oxygen atoms in total. The first-order valence-corrected chi connectivity index (χ1v) is 8.18. The van der Waals surface area contributed by atoms with E-state index in [-0.39, 0.29) is 12.1 Å². The second-order valence-corrected chi connectivity index (χ2v) is 6.18. The van der Waals surface area contributed by atoms with Gasteiger partial charge in [0, 0.05) is 5.02 Å². The Kier molecular flexibility index (Phi) is 3.86. The number of anilines is 1. The topological polar surface area (TPSA) is 52.0 Å². The molecule has 0 saturated carbocycles. The molecule has 0 aliphatic carbocycles. The van der Waals surface area contributed by atoms with Gasteiger partial charge in [0.1, 0.15) is 12.1 Å². The van der Waals surface area contributed by atoms with Crippen LogP contribution in [0.5, 0.6) is 5.75 Å². The van der Waals surface area contributed by atoms with Gasteiger partial charge in [0.25, 0.3) is 0 Å². The average Bonchev–Trinajstić information content (AvgIpc) is 3.10. The molecule has 0 saturated heterocycles. The van der Waals surface area contributed by atoms with Crippen LogP contribution in [-0.4, -0.2) is 21.9 Å². The molecular formula is C18H17ClN4O. The summed E-state index contributed by atoms with van der Waals surface area (Å²) in [4.78, 5) is 4.34. The van der Waals surface area contributed by atoms with E-state index < -0.39 is 0 Å². The average molecular weight is 341 g/mol. The minimum Gasteiger partial charge on any atom is -0.497 e. The fourth-order valence-electron chi connectivity index (χ4n) is 3.19. The van der Waals surface area contributed by atoms with E-state index in [1.54, 1.807) is 13.4 Å². The van der Waals surface area contributed by atoms with E-state index in [1.165, 1.54) is 5.56 Å². The third kappa shape index (κ3) is 2.61. The van der Waals surface area contributed by atoms with Crippen LogP contribution >= 0.6 is 11.6 Å². The van der Waals surface area contributed by atoms with Crippen LogP contribution in [-0.2, 0) is 0 Å². The first-order chi connectivity index (χ1) is 11.8. The summed E-state index contributed by atoms with van der Waals surface area (Å²) in [5.74, 6) is 1.60. The predicted octanol–water partition coefficient (Wildman–Crippen LogP) is 4.09. The lowest BCUT2D eigenvalue weighted by Crippen LogP contribution is -2.28. The minimum absolute atomic E-state index is 0.0856. The Morgan fingerprint density at radius 2 is 1.96 bits per heavy atom. The number of hydrogen-bond donors (Lipinski definition) is 1. The second kappa shape index (κ2) is 6.17. The molecule has 24 heavy (non-hydrogen) atoms. The number of benzene rings is 2. The van der Waals surface area contributed by atoms with Gasteiger partial charge in [-0.3, -0.25) is 0 Å².